The smallest absolute Gasteiger partial charge is 0.377 e. The minimum Gasteiger partial charge on any atom is -0.462 e. The largest absolute Gasteiger partial charge is 0.462 e. The van der Waals surface area contributed by atoms with Crippen molar-refractivity contribution in [2.75, 3.05) is 6.61 Å². The van der Waals surface area contributed by atoms with Crippen molar-refractivity contribution in [3.8, 4) is 11.5 Å². The highest BCUT2D eigenvalue weighted by atomic mass is 79.9. The van der Waals surface area contributed by atoms with Crippen LogP contribution in [0.15, 0.2) is 46.9 Å². The van der Waals surface area contributed by atoms with Gasteiger partial charge in [0.15, 0.2) is 0 Å². The van der Waals surface area contributed by atoms with Gasteiger partial charge in [-0.3, -0.25) is 0 Å². The summed E-state index contributed by atoms with van der Waals surface area (Å²) in [5.41, 5.74) is 1.27. The lowest BCUT2D eigenvalue weighted by Gasteiger charge is -2.15. The van der Waals surface area contributed by atoms with Gasteiger partial charge in [0, 0.05) is 16.5 Å². The molecular formula is C18H17BrF2O3. The van der Waals surface area contributed by atoms with Crippen LogP contribution in [-0.2, 0) is 16.0 Å². The number of carbonyl (C=O) groups excluding carboxylic acids is 1. The summed E-state index contributed by atoms with van der Waals surface area (Å²) < 4.78 is 38.5. The third kappa shape index (κ3) is 4.54. The third-order valence-electron chi connectivity index (χ3n) is 3.37. The average molecular weight is 399 g/mol. The Balaban J connectivity index is 2.08. The van der Waals surface area contributed by atoms with E-state index in [1.165, 1.54) is 19.1 Å². The van der Waals surface area contributed by atoms with Gasteiger partial charge in [-0.25, -0.2) is 4.79 Å². The second-order valence-corrected chi connectivity index (χ2v) is 6.07. The van der Waals surface area contributed by atoms with Gasteiger partial charge < -0.3 is 9.47 Å². The summed E-state index contributed by atoms with van der Waals surface area (Å²) in [5, 5.41) is 0. The molecule has 0 fully saturated rings. The van der Waals surface area contributed by atoms with E-state index in [0.717, 1.165) is 10.0 Å². The standard InChI is InChI=1S/C18H17BrF2O3/c1-3-23-17(22)18(20,21)11-13-7-9-14(10-8-13)24-16-6-4-5-15(19)12(16)2/h4-10H,3,11H2,1-2H3. The zero-order valence-corrected chi connectivity index (χ0v) is 14.9. The maximum Gasteiger partial charge on any atom is 0.377 e. The summed E-state index contributed by atoms with van der Waals surface area (Å²) in [5.74, 6) is -3.84. The number of benzene rings is 2. The van der Waals surface area contributed by atoms with Crippen molar-refractivity contribution in [1.82, 2.24) is 0 Å². The van der Waals surface area contributed by atoms with Gasteiger partial charge in [0.2, 0.25) is 0 Å². The molecule has 2 aromatic rings. The SMILES string of the molecule is CCOC(=O)C(F)(F)Cc1ccc(Oc2cccc(Br)c2C)cc1. The lowest BCUT2D eigenvalue weighted by molar-refractivity contribution is -0.171. The second-order valence-electron chi connectivity index (χ2n) is 5.21. The Labute approximate surface area is 147 Å². The van der Waals surface area contributed by atoms with Crippen LogP contribution in [-0.4, -0.2) is 18.5 Å². The number of hydrogen-bond acceptors (Lipinski definition) is 3. The monoisotopic (exact) mass is 398 g/mol. The third-order valence-corrected chi connectivity index (χ3v) is 4.23. The maximum atomic E-state index is 13.7. The van der Waals surface area contributed by atoms with E-state index in [2.05, 4.69) is 20.7 Å². The number of ether oxygens (including phenoxy) is 2. The van der Waals surface area contributed by atoms with Crippen molar-refractivity contribution in [2.45, 2.75) is 26.2 Å². The maximum absolute atomic E-state index is 13.7. The van der Waals surface area contributed by atoms with Gasteiger partial charge in [0.25, 0.3) is 0 Å². The first kappa shape index (κ1) is 18.4. The van der Waals surface area contributed by atoms with E-state index in [9.17, 15) is 13.6 Å². The molecule has 0 saturated heterocycles. The van der Waals surface area contributed by atoms with Crippen LogP contribution in [0.5, 0.6) is 11.5 Å². The summed E-state index contributed by atoms with van der Waals surface area (Å²) in [6.07, 6.45) is -0.706. The number of carbonyl (C=O) groups is 1. The first-order valence-corrected chi connectivity index (χ1v) is 8.19. The van der Waals surface area contributed by atoms with Crippen molar-refractivity contribution in [1.29, 1.82) is 0 Å². The van der Waals surface area contributed by atoms with Crippen molar-refractivity contribution in [3.63, 3.8) is 0 Å². The van der Waals surface area contributed by atoms with Crippen LogP contribution in [0.1, 0.15) is 18.1 Å². The predicted octanol–water partition coefficient (Wildman–Crippen LogP) is 5.29. The Kier molecular flexibility index (Phi) is 5.94. The Hall–Kier alpha value is -1.95. The number of esters is 1. The molecule has 0 aliphatic carbocycles. The molecule has 0 spiro atoms. The van der Waals surface area contributed by atoms with Crippen LogP contribution in [0.2, 0.25) is 0 Å². The van der Waals surface area contributed by atoms with Crippen LogP contribution in [0.4, 0.5) is 8.78 Å². The molecule has 0 bridgehead atoms. The van der Waals surface area contributed by atoms with Gasteiger partial charge in [-0.05, 0) is 43.7 Å². The molecule has 0 aromatic heterocycles. The highest BCUT2D eigenvalue weighted by Crippen LogP contribution is 2.30. The normalized spacial score (nSPS) is 11.2. The van der Waals surface area contributed by atoms with Gasteiger partial charge >= 0.3 is 11.9 Å². The van der Waals surface area contributed by atoms with E-state index >= 15 is 0 Å². The van der Waals surface area contributed by atoms with Crippen LogP contribution in [0.3, 0.4) is 0 Å². The molecule has 0 heterocycles. The molecule has 0 amide bonds. The Bertz CT molecular complexity index is 715. The molecular weight excluding hydrogens is 382 g/mol. The molecule has 6 heteroatoms. The summed E-state index contributed by atoms with van der Waals surface area (Å²) in [6, 6.07) is 11.8. The summed E-state index contributed by atoms with van der Waals surface area (Å²) in [4.78, 5) is 11.2. The van der Waals surface area contributed by atoms with Crippen LogP contribution in [0, 0.1) is 6.92 Å². The molecule has 0 aliphatic heterocycles. The van der Waals surface area contributed by atoms with E-state index < -0.39 is 18.3 Å². The number of alkyl halides is 2. The fourth-order valence-corrected chi connectivity index (χ4v) is 2.41. The lowest BCUT2D eigenvalue weighted by Crippen LogP contribution is -2.33. The van der Waals surface area contributed by atoms with E-state index in [0.29, 0.717) is 17.1 Å². The fourth-order valence-electron chi connectivity index (χ4n) is 2.07. The molecule has 24 heavy (non-hydrogen) atoms. The minimum absolute atomic E-state index is 0.0762. The quantitative estimate of drug-likeness (QED) is 0.620. The summed E-state index contributed by atoms with van der Waals surface area (Å²) in [6.45, 7) is 3.32. The molecule has 0 radical (unpaired) electrons. The van der Waals surface area contributed by atoms with Gasteiger partial charge in [0.05, 0.1) is 6.61 Å². The molecule has 0 atom stereocenters. The Morgan fingerprint density at radius 1 is 1.17 bits per heavy atom. The number of rotatable bonds is 6. The van der Waals surface area contributed by atoms with E-state index in [1.807, 2.05) is 25.1 Å². The van der Waals surface area contributed by atoms with Crippen LogP contribution in [0.25, 0.3) is 0 Å². The molecule has 0 N–H and O–H groups in total. The molecule has 0 unspecified atom stereocenters. The highest BCUT2D eigenvalue weighted by molar-refractivity contribution is 9.10. The topological polar surface area (TPSA) is 35.5 Å². The second kappa shape index (κ2) is 7.75. The van der Waals surface area contributed by atoms with Crippen molar-refractivity contribution in [3.05, 3.63) is 58.1 Å². The van der Waals surface area contributed by atoms with E-state index in [1.54, 1.807) is 12.1 Å². The molecule has 0 saturated carbocycles. The fraction of sp³-hybridized carbons (Fsp3) is 0.278. The van der Waals surface area contributed by atoms with Gasteiger partial charge in [-0.15, -0.1) is 0 Å². The van der Waals surface area contributed by atoms with Crippen LogP contribution < -0.4 is 4.74 Å². The van der Waals surface area contributed by atoms with E-state index in [4.69, 9.17) is 4.74 Å². The van der Waals surface area contributed by atoms with Crippen molar-refractivity contribution >= 4 is 21.9 Å². The Morgan fingerprint density at radius 3 is 2.46 bits per heavy atom. The van der Waals surface area contributed by atoms with Gasteiger partial charge in [0.1, 0.15) is 11.5 Å². The Morgan fingerprint density at radius 2 is 1.83 bits per heavy atom. The van der Waals surface area contributed by atoms with E-state index in [-0.39, 0.29) is 6.61 Å². The zero-order valence-electron chi connectivity index (χ0n) is 13.3. The number of hydrogen-bond donors (Lipinski definition) is 0. The van der Waals surface area contributed by atoms with Crippen molar-refractivity contribution in [2.24, 2.45) is 0 Å². The van der Waals surface area contributed by atoms with Gasteiger partial charge in [-0.2, -0.15) is 8.78 Å². The molecule has 3 nitrogen and oxygen atoms in total. The van der Waals surface area contributed by atoms with Crippen molar-refractivity contribution < 1.29 is 23.0 Å². The summed E-state index contributed by atoms with van der Waals surface area (Å²) >= 11 is 3.42. The first-order valence-electron chi connectivity index (χ1n) is 7.40. The summed E-state index contributed by atoms with van der Waals surface area (Å²) in [7, 11) is 0. The highest BCUT2D eigenvalue weighted by Gasteiger charge is 2.40. The molecule has 2 aromatic carbocycles. The van der Waals surface area contributed by atoms with Crippen LogP contribution >= 0.6 is 15.9 Å². The first-order chi connectivity index (χ1) is 11.3. The van der Waals surface area contributed by atoms with Gasteiger partial charge in [-0.1, -0.05) is 34.1 Å². The molecule has 0 aliphatic rings. The lowest BCUT2D eigenvalue weighted by atomic mass is 10.1. The number of halogens is 3. The molecule has 128 valence electrons. The molecule has 2 rings (SSSR count). The predicted molar refractivity (Wildman–Crippen MR) is 90.7 cm³/mol. The average Bonchev–Trinajstić information content (AvgIpc) is 2.53. The zero-order chi connectivity index (χ0) is 17.7. The minimum atomic E-state index is -3.54.